The summed E-state index contributed by atoms with van der Waals surface area (Å²) in [7, 11) is 1.49. The normalized spacial score (nSPS) is 12.2. The molecule has 2 N–H and O–H groups in total. The van der Waals surface area contributed by atoms with Crippen LogP contribution in [-0.2, 0) is 4.74 Å². The molecule has 6 heteroatoms. The van der Waals surface area contributed by atoms with E-state index in [0.29, 0.717) is 0 Å². The van der Waals surface area contributed by atoms with E-state index in [-0.39, 0.29) is 18.7 Å². The number of phenols is 1. The van der Waals surface area contributed by atoms with Gasteiger partial charge in [-0.05, 0) is 12.1 Å². The highest BCUT2D eigenvalue weighted by Gasteiger charge is 2.17. The van der Waals surface area contributed by atoms with E-state index in [1.807, 2.05) is 0 Å². The standard InChI is InChI=1S/C11H13ClFNO3/c1-17-6-7(12)5-14-11(16)10-8(13)3-2-4-9(10)15/h2-4,7,15H,5-6H2,1H3,(H,14,16). The summed E-state index contributed by atoms with van der Waals surface area (Å²) in [6.45, 7) is 0.396. The SMILES string of the molecule is COCC(Cl)CNC(=O)c1c(O)cccc1F. The van der Waals surface area contributed by atoms with Crippen LogP contribution in [-0.4, -0.2) is 36.7 Å². The summed E-state index contributed by atoms with van der Waals surface area (Å²) in [6.07, 6.45) is 0. The zero-order valence-corrected chi connectivity index (χ0v) is 10.00. The van der Waals surface area contributed by atoms with E-state index in [1.54, 1.807) is 0 Å². The topological polar surface area (TPSA) is 58.6 Å². The third-order valence-electron chi connectivity index (χ3n) is 2.05. The van der Waals surface area contributed by atoms with E-state index < -0.39 is 22.9 Å². The number of hydrogen-bond donors (Lipinski definition) is 2. The van der Waals surface area contributed by atoms with E-state index in [1.165, 1.54) is 19.2 Å². The monoisotopic (exact) mass is 261 g/mol. The summed E-state index contributed by atoms with van der Waals surface area (Å²) in [6, 6.07) is 3.66. The molecule has 0 aliphatic rings. The van der Waals surface area contributed by atoms with Gasteiger partial charge in [-0.3, -0.25) is 4.79 Å². The first kappa shape index (κ1) is 13.7. The number of aromatic hydroxyl groups is 1. The maximum Gasteiger partial charge on any atom is 0.258 e. The first-order valence-corrected chi connectivity index (χ1v) is 5.38. The molecule has 1 amide bonds. The number of hydrogen-bond acceptors (Lipinski definition) is 3. The van der Waals surface area contributed by atoms with Crippen LogP contribution in [0.3, 0.4) is 0 Å². The average molecular weight is 262 g/mol. The summed E-state index contributed by atoms with van der Waals surface area (Å²) >= 11 is 5.80. The molecule has 0 saturated carbocycles. The van der Waals surface area contributed by atoms with Crippen molar-refractivity contribution in [3.05, 3.63) is 29.6 Å². The molecule has 0 aliphatic carbocycles. The Hall–Kier alpha value is -1.33. The zero-order chi connectivity index (χ0) is 12.8. The molecule has 0 radical (unpaired) electrons. The molecule has 17 heavy (non-hydrogen) atoms. The molecule has 0 bridgehead atoms. The van der Waals surface area contributed by atoms with Crippen LogP contribution >= 0.6 is 11.6 Å². The molecule has 0 spiro atoms. The van der Waals surface area contributed by atoms with Crippen LogP contribution in [0.25, 0.3) is 0 Å². The lowest BCUT2D eigenvalue weighted by Gasteiger charge is -2.11. The van der Waals surface area contributed by atoms with Crippen molar-refractivity contribution < 1.29 is 19.0 Å². The van der Waals surface area contributed by atoms with Gasteiger partial charge in [0.1, 0.15) is 17.1 Å². The van der Waals surface area contributed by atoms with E-state index >= 15 is 0 Å². The molecule has 4 nitrogen and oxygen atoms in total. The molecular formula is C11H13ClFNO3. The Bertz CT molecular complexity index is 380. The molecule has 1 unspecified atom stereocenters. The number of amides is 1. The van der Waals surface area contributed by atoms with Crippen LogP contribution in [0.5, 0.6) is 5.75 Å². The van der Waals surface area contributed by atoms with Crippen molar-refractivity contribution in [2.75, 3.05) is 20.3 Å². The second-order valence-electron chi connectivity index (χ2n) is 3.40. The molecule has 1 atom stereocenters. The molecule has 1 rings (SSSR count). The van der Waals surface area contributed by atoms with Gasteiger partial charge in [0.2, 0.25) is 0 Å². The maximum absolute atomic E-state index is 13.3. The molecule has 94 valence electrons. The number of nitrogens with one attached hydrogen (secondary N) is 1. The number of halogens is 2. The van der Waals surface area contributed by atoms with Crippen molar-refractivity contribution in [1.82, 2.24) is 5.32 Å². The number of phenolic OH excluding ortho intramolecular Hbond substituents is 1. The van der Waals surface area contributed by atoms with Crippen LogP contribution in [0.4, 0.5) is 4.39 Å². The molecule has 0 aliphatic heterocycles. The summed E-state index contributed by atoms with van der Waals surface area (Å²) in [5, 5.41) is 11.4. The number of benzene rings is 1. The van der Waals surface area contributed by atoms with Gasteiger partial charge >= 0.3 is 0 Å². The van der Waals surface area contributed by atoms with Crippen LogP contribution in [0.15, 0.2) is 18.2 Å². The third kappa shape index (κ3) is 3.87. The predicted molar refractivity (Wildman–Crippen MR) is 61.9 cm³/mol. The summed E-state index contributed by atoms with van der Waals surface area (Å²) in [5.74, 6) is -1.89. The first-order valence-electron chi connectivity index (χ1n) is 4.95. The number of rotatable bonds is 5. The van der Waals surface area contributed by atoms with Gasteiger partial charge in [0.05, 0.1) is 12.0 Å². The lowest BCUT2D eigenvalue weighted by atomic mass is 10.1. The Morgan fingerprint density at radius 2 is 2.35 bits per heavy atom. The number of ether oxygens (including phenoxy) is 1. The van der Waals surface area contributed by atoms with Crippen LogP contribution in [0.2, 0.25) is 0 Å². The van der Waals surface area contributed by atoms with E-state index in [0.717, 1.165) is 6.07 Å². The highest BCUT2D eigenvalue weighted by atomic mass is 35.5. The molecule has 0 saturated heterocycles. The highest BCUT2D eigenvalue weighted by molar-refractivity contribution is 6.21. The van der Waals surface area contributed by atoms with Gasteiger partial charge in [-0.15, -0.1) is 11.6 Å². The van der Waals surface area contributed by atoms with Crippen molar-refractivity contribution in [1.29, 1.82) is 0 Å². The molecule has 0 fully saturated rings. The van der Waals surface area contributed by atoms with Gasteiger partial charge in [0.25, 0.3) is 5.91 Å². The fourth-order valence-electron chi connectivity index (χ4n) is 1.27. The lowest BCUT2D eigenvalue weighted by molar-refractivity contribution is 0.0942. The minimum absolute atomic E-state index is 0.127. The predicted octanol–water partition coefficient (Wildman–Crippen LogP) is 1.51. The van der Waals surface area contributed by atoms with Gasteiger partial charge in [0, 0.05) is 13.7 Å². The number of carbonyl (C=O) groups excluding carboxylic acids is 1. The van der Waals surface area contributed by atoms with Crippen LogP contribution < -0.4 is 5.32 Å². The van der Waals surface area contributed by atoms with Gasteiger partial charge in [0.15, 0.2) is 0 Å². The van der Waals surface area contributed by atoms with Gasteiger partial charge in [-0.2, -0.15) is 0 Å². The molecular weight excluding hydrogens is 249 g/mol. The quantitative estimate of drug-likeness (QED) is 0.790. The summed E-state index contributed by atoms with van der Waals surface area (Å²) in [4.78, 5) is 11.6. The lowest BCUT2D eigenvalue weighted by Crippen LogP contribution is -2.32. The summed E-state index contributed by atoms with van der Waals surface area (Å²) in [5.41, 5.74) is -0.381. The minimum Gasteiger partial charge on any atom is -0.507 e. The fourth-order valence-corrected chi connectivity index (χ4v) is 1.47. The summed E-state index contributed by atoms with van der Waals surface area (Å²) < 4.78 is 18.1. The van der Waals surface area contributed by atoms with E-state index in [4.69, 9.17) is 16.3 Å². The smallest absolute Gasteiger partial charge is 0.258 e. The highest BCUT2D eigenvalue weighted by Crippen LogP contribution is 2.19. The molecule has 1 aromatic carbocycles. The first-order chi connectivity index (χ1) is 8.06. The van der Waals surface area contributed by atoms with Crippen LogP contribution in [0.1, 0.15) is 10.4 Å². The second-order valence-corrected chi connectivity index (χ2v) is 4.01. The second kappa shape index (κ2) is 6.42. The van der Waals surface area contributed by atoms with Gasteiger partial charge in [-0.1, -0.05) is 6.07 Å². The maximum atomic E-state index is 13.3. The minimum atomic E-state index is -0.777. The number of carbonyl (C=O) groups is 1. The fraction of sp³-hybridized carbons (Fsp3) is 0.364. The number of alkyl halides is 1. The van der Waals surface area contributed by atoms with Crippen molar-refractivity contribution in [3.8, 4) is 5.75 Å². The Kier molecular flexibility index (Phi) is 5.18. The largest absolute Gasteiger partial charge is 0.507 e. The Balaban J connectivity index is 2.64. The Morgan fingerprint density at radius 1 is 1.65 bits per heavy atom. The van der Waals surface area contributed by atoms with Crippen molar-refractivity contribution in [2.45, 2.75) is 5.38 Å². The Labute approximate surface area is 103 Å². The van der Waals surface area contributed by atoms with Crippen molar-refractivity contribution in [3.63, 3.8) is 0 Å². The average Bonchev–Trinajstić information content (AvgIpc) is 2.26. The van der Waals surface area contributed by atoms with Gasteiger partial charge < -0.3 is 15.2 Å². The van der Waals surface area contributed by atoms with Gasteiger partial charge in [-0.25, -0.2) is 4.39 Å². The van der Waals surface area contributed by atoms with Crippen molar-refractivity contribution in [2.24, 2.45) is 0 Å². The molecule has 1 aromatic rings. The molecule has 0 aromatic heterocycles. The van der Waals surface area contributed by atoms with Crippen LogP contribution in [0, 0.1) is 5.82 Å². The van der Waals surface area contributed by atoms with E-state index in [9.17, 15) is 14.3 Å². The third-order valence-corrected chi connectivity index (χ3v) is 2.33. The number of methoxy groups -OCH3 is 1. The van der Waals surface area contributed by atoms with Crippen molar-refractivity contribution >= 4 is 17.5 Å². The Morgan fingerprint density at radius 3 is 2.94 bits per heavy atom. The zero-order valence-electron chi connectivity index (χ0n) is 9.24. The molecule has 0 heterocycles. The van der Waals surface area contributed by atoms with E-state index in [2.05, 4.69) is 5.32 Å².